The fraction of sp³-hybridized carbons (Fsp3) is 0.389. The number of likely N-dealkylation sites (N-methyl/N-ethyl adjacent to an activating group) is 1. The van der Waals surface area contributed by atoms with Crippen molar-refractivity contribution in [3.63, 3.8) is 0 Å². The van der Waals surface area contributed by atoms with Crippen molar-refractivity contribution in [2.45, 2.75) is 6.92 Å². The maximum Gasteiger partial charge on any atom is 0.257 e. The molecule has 0 unspecified atom stereocenters. The largest absolute Gasteiger partial charge is 0.478 e. The van der Waals surface area contributed by atoms with Crippen molar-refractivity contribution < 1.29 is 9.31 Å². The van der Waals surface area contributed by atoms with Gasteiger partial charge in [-0.1, -0.05) is 0 Å². The maximum absolute atomic E-state index is 6.11. The number of pyridine rings is 1. The van der Waals surface area contributed by atoms with Crippen LogP contribution in [-0.4, -0.2) is 77.4 Å². The second kappa shape index (κ2) is 8.61. The first-order valence-electron chi connectivity index (χ1n) is 8.93. The van der Waals surface area contributed by atoms with Gasteiger partial charge in [0.25, 0.3) is 5.88 Å². The summed E-state index contributed by atoms with van der Waals surface area (Å²) in [6, 6.07) is 3.70. The van der Waals surface area contributed by atoms with Gasteiger partial charge in [0, 0.05) is 31.4 Å². The number of hydrogen-bond acceptors (Lipinski definition) is 9. The SMILES string of the molecule is CNc1cc(C)nc(Nc2cnc(OC)c(N=C[N+]3=C(N)CN(C)CC3)c2)n1. The van der Waals surface area contributed by atoms with Crippen LogP contribution in [0.2, 0.25) is 0 Å². The van der Waals surface area contributed by atoms with Crippen LogP contribution in [0.5, 0.6) is 5.88 Å². The Bertz CT molecular complexity index is 910. The molecule has 0 amide bonds. The minimum absolute atomic E-state index is 0.426. The van der Waals surface area contributed by atoms with E-state index in [4.69, 9.17) is 10.5 Å². The fourth-order valence-corrected chi connectivity index (χ4v) is 2.77. The van der Waals surface area contributed by atoms with Gasteiger partial charge in [-0.05, 0) is 14.0 Å². The molecule has 0 radical (unpaired) electrons. The first kappa shape index (κ1) is 19.5. The Morgan fingerprint density at radius 3 is 2.89 bits per heavy atom. The van der Waals surface area contributed by atoms with Crippen LogP contribution in [0.15, 0.2) is 23.3 Å². The molecule has 2 aromatic heterocycles. The van der Waals surface area contributed by atoms with Gasteiger partial charge in [0.05, 0.1) is 32.1 Å². The van der Waals surface area contributed by atoms with Gasteiger partial charge in [-0.2, -0.15) is 4.98 Å². The van der Waals surface area contributed by atoms with Crippen LogP contribution in [0, 0.1) is 6.92 Å². The number of amidine groups is 1. The second-order valence-corrected chi connectivity index (χ2v) is 6.51. The van der Waals surface area contributed by atoms with Crippen LogP contribution in [-0.2, 0) is 0 Å². The highest BCUT2D eigenvalue weighted by Crippen LogP contribution is 2.28. The van der Waals surface area contributed by atoms with Gasteiger partial charge in [0.15, 0.2) is 0 Å². The summed E-state index contributed by atoms with van der Waals surface area (Å²) in [5.41, 5.74) is 8.24. The number of methoxy groups -OCH3 is 1. The lowest BCUT2D eigenvalue weighted by atomic mass is 10.3. The molecule has 3 rings (SSSR count). The molecule has 1 aliphatic rings. The minimum Gasteiger partial charge on any atom is -0.478 e. The Morgan fingerprint density at radius 1 is 1.36 bits per heavy atom. The van der Waals surface area contributed by atoms with E-state index in [1.54, 1.807) is 19.6 Å². The van der Waals surface area contributed by atoms with E-state index in [1.165, 1.54) is 0 Å². The number of aryl methyl sites for hydroxylation is 1. The molecule has 0 bridgehead atoms. The Balaban J connectivity index is 1.85. The lowest BCUT2D eigenvalue weighted by Crippen LogP contribution is -2.46. The van der Waals surface area contributed by atoms with E-state index in [0.717, 1.165) is 30.4 Å². The number of anilines is 3. The van der Waals surface area contributed by atoms with Crippen LogP contribution in [0.1, 0.15) is 5.69 Å². The van der Waals surface area contributed by atoms with Crippen molar-refractivity contribution >= 4 is 35.3 Å². The first-order valence-corrected chi connectivity index (χ1v) is 8.93. The van der Waals surface area contributed by atoms with Crippen molar-refractivity contribution in [1.29, 1.82) is 0 Å². The van der Waals surface area contributed by atoms with Gasteiger partial charge >= 0.3 is 0 Å². The summed E-state index contributed by atoms with van der Waals surface area (Å²) in [5, 5.41) is 6.17. The highest BCUT2D eigenvalue weighted by Gasteiger charge is 2.16. The third kappa shape index (κ3) is 4.71. The lowest BCUT2D eigenvalue weighted by molar-refractivity contribution is -0.408. The smallest absolute Gasteiger partial charge is 0.257 e. The van der Waals surface area contributed by atoms with Gasteiger partial charge in [-0.25, -0.2) is 14.5 Å². The Labute approximate surface area is 164 Å². The van der Waals surface area contributed by atoms with Crippen LogP contribution < -0.4 is 21.1 Å². The molecule has 10 nitrogen and oxygen atoms in total. The van der Waals surface area contributed by atoms with Crippen molar-refractivity contribution in [3.8, 4) is 5.88 Å². The summed E-state index contributed by atoms with van der Waals surface area (Å²) >= 11 is 0. The lowest BCUT2D eigenvalue weighted by Gasteiger charge is -2.21. The fourth-order valence-electron chi connectivity index (χ4n) is 2.77. The summed E-state index contributed by atoms with van der Waals surface area (Å²) in [5.74, 6) is 2.39. The number of aromatic nitrogens is 3. The molecule has 0 fully saturated rings. The van der Waals surface area contributed by atoms with Crippen molar-refractivity contribution in [2.75, 3.05) is 51.5 Å². The average molecular weight is 384 g/mol. The topological polar surface area (TPSA) is 117 Å². The van der Waals surface area contributed by atoms with Gasteiger partial charge in [-0.15, -0.1) is 4.99 Å². The number of aliphatic imine (C=N–C) groups is 1. The predicted molar refractivity (Wildman–Crippen MR) is 110 cm³/mol. The van der Waals surface area contributed by atoms with Crippen LogP contribution >= 0.6 is 0 Å². The second-order valence-electron chi connectivity index (χ2n) is 6.51. The van der Waals surface area contributed by atoms with E-state index < -0.39 is 0 Å². The van der Waals surface area contributed by atoms with Crippen LogP contribution in [0.25, 0.3) is 0 Å². The van der Waals surface area contributed by atoms with Gasteiger partial charge < -0.3 is 21.1 Å². The monoisotopic (exact) mass is 384 g/mol. The zero-order valence-corrected chi connectivity index (χ0v) is 16.6. The maximum atomic E-state index is 6.11. The third-order valence-corrected chi connectivity index (χ3v) is 4.25. The van der Waals surface area contributed by atoms with Gasteiger partial charge in [0.2, 0.25) is 23.8 Å². The molecule has 4 N–H and O–H groups in total. The summed E-state index contributed by atoms with van der Waals surface area (Å²) < 4.78 is 7.26. The Hall–Kier alpha value is -3.27. The number of hydrogen-bond donors (Lipinski definition) is 3. The molecule has 2 aromatic rings. The number of nitrogens with one attached hydrogen (secondary N) is 2. The van der Waals surface area contributed by atoms with Crippen molar-refractivity contribution in [3.05, 3.63) is 24.0 Å². The third-order valence-electron chi connectivity index (χ3n) is 4.25. The molecule has 148 valence electrons. The van der Waals surface area contributed by atoms with E-state index in [-0.39, 0.29) is 0 Å². The molecular formula is C18H26N9O+. The highest BCUT2D eigenvalue weighted by molar-refractivity contribution is 5.81. The molecule has 0 saturated heterocycles. The zero-order chi connectivity index (χ0) is 20.1. The van der Waals surface area contributed by atoms with Crippen LogP contribution in [0.3, 0.4) is 0 Å². The van der Waals surface area contributed by atoms with Gasteiger partial charge in [-0.3, -0.25) is 4.90 Å². The van der Waals surface area contributed by atoms with E-state index in [1.807, 2.05) is 37.7 Å². The quantitative estimate of drug-likeness (QED) is 0.383. The average Bonchev–Trinajstić information content (AvgIpc) is 2.67. The molecule has 0 saturated carbocycles. The summed E-state index contributed by atoms with van der Waals surface area (Å²) in [7, 11) is 5.41. The number of nitrogens with zero attached hydrogens (tertiary/aromatic N) is 6. The molecule has 28 heavy (non-hydrogen) atoms. The first-order chi connectivity index (χ1) is 13.5. The highest BCUT2D eigenvalue weighted by atomic mass is 16.5. The number of ether oxygens (including phenoxy) is 1. The number of rotatable bonds is 6. The molecule has 0 spiro atoms. The zero-order valence-electron chi connectivity index (χ0n) is 16.6. The number of nitrogens with two attached hydrogens (primary N) is 1. The van der Waals surface area contributed by atoms with E-state index in [9.17, 15) is 0 Å². The molecule has 10 heteroatoms. The summed E-state index contributed by atoms with van der Waals surface area (Å²) in [6.07, 6.45) is 3.37. The standard InChI is InChI=1S/C18H25N9O/c1-12-7-16(20-2)25-18(23-12)24-13-8-14(17(28-4)21-9-13)22-11-27-6-5-26(3)10-15(27)19/h7-9,11,19H,5-6,10H2,1-4H3,(H2,20,23,24,25)/p+1. The van der Waals surface area contributed by atoms with Crippen molar-refractivity contribution in [2.24, 2.45) is 10.7 Å². The molecule has 0 atom stereocenters. The Morgan fingerprint density at radius 2 is 2.18 bits per heavy atom. The molecule has 3 heterocycles. The molecule has 0 aliphatic carbocycles. The molecular weight excluding hydrogens is 358 g/mol. The van der Waals surface area contributed by atoms with Gasteiger partial charge in [0.1, 0.15) is 5.82 Å². The van der Waals surface area contributed by atoms with Crippen molar-refractivity contribution in [1.82, 2.24) is 19.9 Å². The van der Waals surface area contributed by atoms with E-state index in [0.29, 0.717) is 29.7 Å². The minimum atomic E-state index is 0.426. The van der Waals surface area contributed by atoms with E-state index in [2.05, 4.69) is 35.5 Å². The normalized spacial score (nSPS) is 15.1. The molecule has 0 aromatic carbocycles. The summed E-state index contributed by atoms with van der Waals surface area (Å²) in [4.78, 5) is 19.8. The molecule has 1 aliphatic heterocycles. The Kier molecular flexibility index (Phi) is 5.99. The van der Waals surface area contributed by atoms with Crippen LogP contribution in [0.4, 0.5) is 23.1 Å². The van der Waals surface area contributed by atoms with E-state index >= 15 is 0 Å². The predicted octanol–water partition coefficient (Wildman–Crippen LogP) is 0.949. The summed E-state index contributed by atoms with van der Waals surface area (Å²) in [6.45, 7) is 4.32.